The number of benzene rings is 1. The van der Waals surface area contributed by atoms with Crippen molar-refractivity contribution in [2.75, 3.05) is 6.54 Å². The molecule has 0 saturated heterocycles. The molecule has 0 unspecified atom stereocenters. The van der Waals surface area contributed by atoms with Crippen LogP contribution in [0.15, 0.2) is 41.8 Å². The number of primary amides is 1. The first-order valence-corrected chi connectivity index (χ1v) is 7.19. The number of carbonyl (C=O) groups excluding carboxylic acids is 1. The Morgan fingerprint density at radius 1 is 1.24 bits per heavy atom. The van der Waals surface area contributed by atoms with Gasteiger partial charge in [-0.05, 0) is 11.1 Å². The molecule has 0 fully saturated rings. The molecular formula is C14H15N3O3S. The van der Waals surface area contributed by atoms with Crippen molar-refractivity contribution in [3.8, 4) is 0 Å². The van der Waals surface area contributed by atoms with Crippen molar-refractivity contribution in [1.82, 2.24) is 4.90 Å². The largest absolute Gasteiger partial charge is 0.369 e. The van der Waals surface area contributed by atoms with Crippen molar-refractivity contribution in [2.24, 2.45) is 5.73 Å². The molecule has 0 aliphatic rings. The number of hydrogen-bond acceptors (Lipinski definition) is 5. The summed E-state index contributed by atoms with van der Waals surface area (Å²) in [5.41, 5.74) is 7.14. The Hall–Kier alpha value is -2.25. The maximum atomic E-state index is 11.2. The second kappa shape index (κ2) is 6.96. The van der Waals surface area contributed by atoms with Crippen LogP contribution in [0.3, 0.4) is 0 Å². The van der Waals surface area contributed by atoms with E-state index in [4.69, 9.17) is 5.73 Å². The lowest BCUT2D eigenvalue weighted by Crippen LogP contribution is -2.32. The van der Waals surface area contributed by atoms with E-state index in [1.807, 2.05) is 35.2 Å². The van der Waals surface area contributed by atoms with Crippen LogP contribution in [-0.4, -0.2) is 22.3 Å². The summed E-state index contributed by atoms with van der Waals surface area (Å²) in [6.45, 7) is 1.12. The van der Waals surface area contributed by atoms with Crippen LogP contribution in [0.4, 0.5) is 5.00 Å². The van der Waals surface area contributed by atoms with Gasteiger partial charge in [0.2, 0.25) is 5.91 Å². The Labute approximate surface area is 126 Å². The third-order valence-corrected chi connectivity index (χ3v) is 3.78. The lowest BCUT2D eigenvalue weighted by Gasteiger charge is -2.20. The summed E-state index contributed by atoms with van der Waals surface area (Å²) >= 11 is 1.08. The molecule has 110 valence electrons. The van der Waals surface area contributed by atoms with Crippen LogP contribution < -0.4 is 5.73 Å². The molecule has 1 aromatic heterocycles. The Morgan fingerprint density at radius 3 is 2.48 bits per heavy atom. The molecule has 0 aliphatic carbocycles. The van der Waals surface area contributed by atoms with Gasteiger partial charge in [-0.1, -0.05) is 41.7 Å². The topological polar surface area (TPSA) is 89.5 Å². The summed E-state index contributed by atoms with van der Waals surface area (Å²) in [5.74, 6) is -0.421. The van der Waals surface area contributed by atoms with Crippen molar-refractivity contribution in [2.45, 2.75) is 13.1 Å². The minimum Gasteiger partial charge on any atom is -0.369 e. The van der Waals surface area contributed by atoms with Crippen molar-refractivity contribution in [1.29, 1.82) is 0 Å². The van der Waals surface area contributed by atoms with Gasteiger partial charge in [0.25, 0.3) is 0 Å². The fourth-order valence-electron chi connectivity index (χ4n) is 2.03. The highest BCUT2D eigenvalue weighted by Gasteiger charge is 2.14. The third-order valence-electron chi connectivity index (χ3n) is 2.85. The number of amides is 1. The highest BCUT2D eigenvalue weighted by Crippen LogP contribution is 2.23. The molecule has 21 heavy (non-hydrogen) atoms. The molecule has 2 aromatic rings. The minimum absolute atomic E-state index is 0.101. The van der Waals surface area contributed by atoms with Crippen molar-refractivity contribution in [3.63, 3.8) is 0 Å². The maximum absolute atomic E-state index is 11.2. The molecule has 0 atom stereocenters. The molecular weight excluding hydrogens is 290 g/mol. The Bertz CT molecular complexity index is 627. The predicted octanol–water partition coefficient (Wildman–Crippen LogP) is 2.14. The number of hydrogen-bond donors (Lipinski definition) is 1. The third kappa shape index (κ3) is 4.66. The Balaban J connectivity index is 2.08. The fraction of sp³-hybridized carbons (Fsp3) is 0.214. The molecule has 2 rings (SSSR count). The number of rotatable bonds is 7. The Kier molecular flexibility index (Phi) is 5.02. The van der Waals surface area contributed by atoms with Crippen molar-refractivity contribution in [3.05, 3.63) is 63.0 Å². The van der Waals surface area contributed by atoms with Gasteiger partial charge in [0.1, 0.15) is 0 Å². The summed E-state index contributed by atoms with van der Waals surface area (Å²) in [7, 11) is 0. The molecule has 0 spiro atoms. The molecule has 1 heterocycles. The Morgan fingerprint density at radius 2 is 1.90 bits per heavy atom. The van der Waals surface area contributed by atoms with Gasteiger partial charge in [0.05, 0.1) is 11.5 Å². The quantitative estimate of drug-likeness (QED) is 0.627. The average molecular weight is 305 g/mol. The van der Waals surface area contributed by atoms with Gasteiger partial charge in [0.15, 0.2) is 0 Å². The van der Waals surface area contributed by atoms with E-state index in [0.717, 1.165) is 22.5 Å². The normalized spacial score (nSPS) is 10.7. The molecule has 1 aromatic carbocycles. The van der Waals surface area contributed by atoms with E-state index in [2.05, 4.69) is 0 Å². The molecule has 2 N–H and O–H groups in total. The zero-order valence-electron chi connectivity index (χ0n) is 11.3. The molecule has 6 nitrogen and oxygen atoms in total. The van der Waals surface area contributed by atoms with Crippen LogP contribution in [-0.2, 0) is 17.9 Å². The van der Waals surface area contributed by atoms with E-state index in [1.165, 1.54) is 6.07 Å². The average Bonchev–Trinajstić information content (AvgIpc) is 2.88. The molecule has 1 amide bonds. The summed E-state index contributed by atoms with van der Waals surface area (Å²) in [5, 5.41) is 12.5. The summed E-state index contributed by atoms with van der Waals surface area (Å²) in [4.78, 5) is 23.3. The monoisotopic (exact) mass is 305 g/mol. The summed E-state index contributed by atoms with van der Waals surface area (Å²) in [6, 6.07) is 11.2. The summed E-state index contributed by atoms with van der Waals surface area (Å²) < 4.78 is 0. The first-order valence-electron chi connectivity index (χ1n) is 6.31. The van der Waals surface area contributed by atoms with Crippen LogP contribution in [0, 0.1) is 10.1 Å². The van der Waals surface area contributed by atoms with Crippen LogP contribution in [0.5, 0.6) is 0 Å². The van der Waals surface area contributed by atoms with Gasteiger partial charge < -0.3 is 5.73 Å². The molecule has 0 saturated carbocycles. The van der Waals surface area contributed by atoms with Gasteiger partial charge in [-0.2, -0.15) is 0 Å². The fourth-order valence-corrected chi connectivity index (χ4v) is 2.75. The van der Waals surface area contributed by atoms with Crippen LogP contribution in [0.2, 0.25) is 0 Å². The van der Waals surface area contributed by atoms with Crippen LogP contribution in [0.1, 0.15) is 11.1 Å². The van der Waals surface area contributed by atoms with Crippen LogP contribution in [0.25, 0.3) is 0 Å². The van der Waals surface area contributed by atoms with Crippen molar-refractivity contribution < 1.29 is 9.72 Å². The lowest BCUT2D eigenvalue weighted by molar-refractivity contribution is -0.380. The number of nitrogens with two attached hydrogens (primary N) is 1. The maximum Gasteiger partial charge on any atom is 0.324 e. The summed E-state index contributed by atoms with van der Waals surface area (Å²) in [6.07, 6.45) is 0. The zero-order chi connectivity index (χ0) is 15.2. The van der Waals surface area contributed by atoms with E-state index < -0.39 is 10.8 Å². The van der Waals surface area contributed by atoms with Gasteiger partial charge in [0, 0.05) is 24.5 Å². The minimum atomic E-state index is -0.421. The first-order chi connectivity index (χ1) is 10.0. The van der Waals surface area contributed by atoms with Crippen LogP contribution >= 0.6 is 11.3 Å². The van der Waals surface area contributed by atoms with E-state index in [9.17, 15) is 14.9 Å². The number of carbonyl (C=O) groups is 1. The molecule has 0 bridgehead atoms. The molecule has 0 radical (unpaired) electrons. The number of nitrogens with zero attached hydrogens (tertiary/aromatic N) is 2. The number of nitro groups is 1. The SMILES string of the molecule is NC(=O)CN(Cc1ccccc1)Cc1csc([N+](=O)[O-])c1. The van der Waals surface area contributed by atoms with E-state index in [1.54, 1.807) is 5.38 Å². The van der Waals surface area contributed by atoms with Crippen molar-refractivity contribution >= 4 is 22.2 Å². The molecule has 7 heteroatoms. The number of thiophene rings is 1. The molecule has 0 aliphatic heterocycles. The first kappa shape index (κ1) is 15.1. The smallest absolute Gasteiger partial charge is 0.324 e. The zero-order valence-corrected chi connectivity index (χ0v) is 12.1. The highest BCUT2D eigenvalue weighted by molar-refractivity contribution is 7.13. The van der Waals surface area contributed by atoms with Gasteiger partial charge in [-0.3, -0.25) is 19.8 Å². The standard InChI is InChI=1S/C14H15N3O3S/c15-13(18)9-16(7-11-4-2-1-3-5-11)8-12-6-14(17(19)20)21-10-12/h1-6,10H,7-9H2,(H2,15,18). The second-order valence-electron chi connectivity index (χ2n) is 4.65. The second-order valence-corrected chi connectivity index (χ2v) is 5.54. The van der Waals surface area contributed by atoms with Gasteiger partial charge in [-0.15, -0.1) is 0 Å². The van der Waals surface area contributed by atoms with E-state index >= 15 is 0 Å². The van der Waals surface area contributed by atoms with Gasteiger partial charge >= 0.3 is 5.00 Å². The lowest BCUT2D eigenvalue weighted by atomic mass is 10.2. The van der Waals surface area contributed by atoms with Gasteiger partial charge in [-0.25, -0.2) is 0 Å². The van der Waals surface area contributed by atoms with E-state index in [0.29, 0.717) is 13.1 Å². The highest BCUT2D eigenvalue weighted by atomic mass is 32.1. The predicted molar refractivity (Wildman–Crippen MR) is 80.7 cm³/mol. The van der Waals surface area contributed by atoms with E-state index in [-0.39, 0.29) is 11.5 Å².